The van der Waals surface area contributed by atoms with Gasteiger partial charge in [0.15, 0.2) is 8.32 Å². The highest BCUT2D eigenvalue weighted by Gasteiger charge is 2.46. The largest absolute Gasteiger partial charge is 0.412 e. The first-order valence-corrected chi connectivity index (χ1v) is 18.9. The van der Waals surface area contributed by atoms with Crippen LogP contribution in [0.15, 0.2) is 60.9 Å². The average molecular weight is 632 g/mol. The van der Waals surface area contributed by atoms with Crippen LogP contribution in [0.4, 0.5) is 17.3 Å². The van der Waals surface area contributed by atoms with E-state index in [1.54, 1.807) is 6.07 Å². The van der Waals surface area contributed by atoms with Gasteiger partial charge >= 0.3 is 0 Å². The van der Waals surface area contributed by atoms with Gasteiger partial charge in [0.25, 0.3) is 0 Å². The van der Waals surface area contributed by atoms with E-state index in [0.29, 0.717) is 35.5 Å². The summed E-state index contributed by atoms with van der Waals surface area (Å²) < 4.78 is 6.79. The zero-order chi connectivity index (χ0) is 31.2. The average Bonchev–Trinajstić information content (AvgIpc) is 3.90. The van der Waals surface area contributed by atoms with Gasteiger partial charge in [-0.15, -0.1) is 0 Å². The normalized spacial score (nSPS) is 23.4. The third-order valence-electron chi connectivity index (χ3n) is 9.66. The van der Waals surface area contributed by atoms with Crippen LogP contribution in [0.25, 0.3) is 0 Å². The Labute approximate surface area is 266 Å². The van der Waals surface area contributed by atoms with Gasteiger partial charge in [0.2, 0.25) is 11.8 Å². The van der Waals surface area contributed by atoms with E-state index in [1.807, 2.05) is 41.3 Å². The van der Waals surface area contributed by atoms with Crippen LogP contribution >= 0.6 is 11.6 Å². The Bertz CT molecular complexity index is 1540. The second-order valence-corrected chi connectivity index (χ2v) is 19.2. The molecule has 44 heavy (non-hydrogen) atoms. The van der Waals surface area contributed by atoms with Crippen LogP contribution in [-0.2, 0) is 14.0 Å². The van der Waals surface area contributed by atoms with Gasteiger partial charge in [0.05, 0.1) is 6.10 Å². The van der Waals surface area contributed by atoms with Crippen molar-refractivity contribution in [1.82, 2.24) is 9.97 Å². The number of aromatic nitrogens is 2. The first-order chi connectivity index (χ1) is 20.9. The van der Waals surface area contributed by atoms with E-state index in [4.69, 9.17) is 16.0 Å². The van der Waals surface area contributed by atoms with Gasteiger partial charge < -0.3 is 20.0 Å². The first-order valence-electron chi connectivity index (χ1n) is 15.6. The molecule has 0 spiro atoms. The second-order valence-electron chi connectivity index (χ2n) is 14.0. The van der Waals surface area contributed by atoms with Crippen molar-refractivity contribution in [3.05, 3.63) is 77.1 Å². The Morgan fingerprint density at radius 3 is 2.39 bits per heavy atom. The molecule has 0 unspecified atom stereocenters. The van der Waals surface area contributed by atoms with Gasteiger partial charge in [0.1, 0.15) is 24.0 Å². The SMILES string of the molecule is CC(C)(C)[Si](C)(C)O[C@H]1C[C@H](C(=O)Nc2ccc(C3CC3)cc2)N(c2cc(NC(=O)[C@H]3C[C@@H]3c3cccc(Cl)c3)ncn2)C1. The molecule has 1 aliphatic heterocycles. The lowest BCUT2D eigenvalue weighted by atomic mass is 10.1. The molecule has 8 nitrogen and oxygen atoms in total. The lowest BCUT2D eigenvalue weighted by molar-refractivity contribution is -0.118. The standard InChI is InChI=1S/C34H42ClN5O3Si/c1-34(2,3)44(4,5)43-26-16-29(33(42)38-25-13-11-22(12-14-25)21-9-10-21)40(19-26)31-18-30(36-20-37-31)39-32(41)28-17-27(28)23-7-6-8-24(35)15-23/h6-8,11-15,18,20-21,26-29H,9-10,16-17,19H2,1-5H3,(H,38,42)(H,36,37,39,41)/t26-,27+,28-,29+/m0/s1. The van der Waals surface area contributed by atoms with E-state index in [9.17, 15) is 9.59 Å². The van der Waals surface area contributed by atoms with E-state index in [-0.39, 0.29) is 34.8 Å². The number of carbonyl (C=O) groups excluding carboxylic acids is 2. The molecule has 2 saturated carbocycles. The third kappa shape index (κ3) is 6.85. The van der Waals surface area contributed by atoms with E-state index in [0.717, 1.165) is 17.7 Å². The fourth-order valence-corrected chi connectivity index (χ4v) is 7.40. The van der Waals surface area contributed by atoms with E-state index in [2.05, 4.69) is 66.6 Å². The molecule has 2 N–H and O–H groups in total. The number of nitrogens with one attached hydrogen (secondary N) is 2. The Kier molecular flexibility index (Phi) is 8.32. The highest BCUT2D eigenvalue weighted by Crippen LogP contribution is 2.48. The first kappa shape index (κ1) is 30.7. The number of amides is 2. The summed E-state index contributed by atoms with van der Waals surface area (Å²) in [6.45, 7) is 11.7. The monoisotopic (exact) mass is 631 g/mol. The Balaban J connectivity index is 1.18. The maximum Gasteiger partial charge on any atom is 0.247 e. The fourth-order valence-electron chi connectivity index (χ4n) is 5.84. The minimum absolute atomic E-state index is 0.0413. The summed E-state index contributed by atoms with van der Waals surface area (Å²) in [5.74, 6) is 1.50. The highest BCUT2D eigenvalue weighted by molar-refractivity contribution is 6.74. The molecular weight excluding hydrogens is 590 g/mol. The molecule has 3 aromatic rings. The van der Waals surface area contributed by atoms with E-state index in [1.165, 1.54) is 24.7 Å². The number of hydrogen-bond donors (Lipinski definition) is 2. The zero-order valence-electron chi connectivity index (χ0n) is 26.1. The van der Waals surface area contributed by atoms with Gasteiger partial charge in [-0.2, -0.15) is 0 Å². The number of rotatable bonds is 9. The minimum atomic E-state index is -2.08. The highest BCUT2D eigenvalue weighted by atomic mass is 35.5. The van der Waals surface area contributed by atoms with Crippen LogP contribution in [-0.4, -0.2) is 48.8 Å². The van der Waals surface area contributed by atoms with E-state index >= 15 is 0 Å². The van der Waals surface area contributed by atoms with Crippen LogP contribution in [0, 0.1) is 5.92 Å². The van der Waals surface area contributed by atoms with Crippen LogP contribution < -0.4 is 15.5 Å². The number of nitrogens with zero attached hydrogens (tertiary/aromatic N) is 3. The summed E-state index contributed by atoms with van der Waals surface area (Å²) in [5, 5.41) is 6.82. The maximum absolute atomic E-state index is 13.8. The number of carbonyl (C=O) groups is 2. The molecule has 6 rings (SSSR count). The van der Waals surface area contributed by atoms with Gasteiger partial charge in [0, 0.05) is 35.7 Å². The van der Waals surface area contributed by atoms with Crippen molar-refractivity contribution in [1.29, 1.82) is 0 Å². The maximum atomic E-state index is 13.8. The van der Waals surface area contributed by atoms with Gasteiger partial charge in [-0.25, -0.2) is 9.97 Å². The van der Waals surface area contributed by atoms with Gasteiger partial charge in [-0.3, -0.25) is 9.59 Å². The molecule has 4 atom stereocenters. The van der Waals surface area contributed by atoms with Crippen molar-refractivity contribution in [2.45, 2.75) is 88.6 Å². The van der Waals surface area contributed by atoms with Crippen molar-refractivity contribution in [2.75, 3.05) is 22.1 Å². The molecule has 2 aliphatic carbocycles. The summed E-state index contributed by atoms with van der Waals surface area (Å²) in [5.41, 5.74) is 3.18. The molecule has 2 aromatic carbocycles. The zero-order valence-corrected chi connectivity index (χ0v) is 27.9. The summed E-state index contributed by atoms with van der Waals surface area (Å²) >= 11 is 6.16. The molecule has 1 aromatic heterocycles. The smallest absolute Gasteiger partial charge is 0.247 e. The molecule has 2 heterocycles. The van der Waals surface area contributed by atoms with Crippen LogP contribution in [0.2, 0.25) is 23.2 Å². The Hall–Kier alpha value is -3.27. The minimum Gasteiger partial charge on any atom is -0.412 e. The molecule has 3 fully saturated rings. The predicted octanol–water partition coefficient (Wildman–Crippen LogP) is 7.36. The molecule has 3 aliphatic rings. The van der Waals surface area contributed by atoms with Crippen molar-refractivity contribution in [2.24, 2.45) is 5.92 Å². The summed E-state index contributed by atoms with van der Waals surface area (Å²) in [7, 11) is -2.08. The summed E-state index contributed by atoms with van der Waals surface area (Å²) in [4.78, 5) is 37.8. The van der Waals surface area contributed by atoms with Crippen LogP contribution in [0.5, 0.6) is 0 Å². The Morgan fingerprint density at radius 2 is 1.70 bits per heavy atom. The fraction of sp³-hybridized carbons (Fsp3) is 0.471. The van der Waals surface area contributed by atoms with Crippen molar-refractivity contribution in [3.8, 4) is 0 Å². The molecule has 1 saturated heterocycles. The Morgan fingerprint density at radius 1 is 0.955 bits per heavy atom. The topological polar surface area (TPSA) is 96.5 Å². The molecule has 2 amide bonds. The molecule has 0 bridgehead atoms. The molecular formula is C34H42ClN5O3Si. The molecule has 0 radical (unpaired) electrons. The number of benzene rings is 2. The molecule has 232 valence electrons. The summed E-state index contributed by atoms with van der Waals surface area (Å²) in [6.07, 6.45) is 5.12. The van der Waals surface area contributed by atoms with Crippen LogP contribution in [0.3, 0.4) is 0 Å². The lowest BCUT2D eigenvalue weighted by Gasteiger charge is -2.38. The number of anilines is 3. The predicted molar refractivity (Wildman–Crippen MR) is 178 cm³/mol. The third-order valence-corrected chi connectivity index (χ3v) is 14.4. The van der Waals surface area contributed by atoms with Crippen LogP contribution in [0.1, 0.15) is 69.4 Å². The van der Waals surface area contributed by atoms with Gasteiger partial charge in [-0.1, -0.05) is 56.6 Å². The lowest BCUT2D eigenvalue weighted by Crippen LogP contribution is -2.44. The van der Waals surface area contributed by atoms with Crippen molar-refractivity contribution in [3.63, 3.8) is 0 Å². The quantitative estimate of drug-likeness (QED) is 0.240. The molecule has 10 heteroatoms. The van der Waals surface area contributed by atoms with Gasteiger partial charge in [-0.05, 0) is 84.6 Å². The van der Waals surface area contributed by atoms with Crippen molar-refractivity contribution < 1.29 is 14.0 Å². The van der Waals surface area contributed by atoms with E-state index < -0.39 is 14.4 Å². The summed E-state index contributed by atoms with van der Waals surface area (Å²) in [6, 6.07) is 17.1. The van der Waals surface area contributed by atoms with Crippen molar-refractivity contribution >= 4 is 49.1 Å². The number of hydrogen-bond acceptors (Lipinski definition) is 6. The second kappa shape index (κ2) is 11.9. The number of halogens is 1.